The molecule has 0 unspecified atom stereocenters. The van der Waals surface area contributed by atoms with E-state index in [0.29, 0.717) is 0 Å². The van der Waals surface area contributed by atoms with Crippen molar-refractivity contribution in [2.24, 2.45) is 5.73 Å². The zero-order valence-corrected chi connectivity index (χ0v) is 14.5. The van der Waals surface area contributed by atoms with Gasteiger partial charge in [-0.3, -0.25) is 9.59 Å². The molecular formula is C14H26N3O9+. The molecule has 0 bridgehead atoms. The zero-order chi connectivity index (χ0) is 20.4. The van der Waals surface area contributed by atoms with Crippen LogP contribution in [0.25, 0.3) is 0 Å². The molecule has 12 heteroatoms. The van der Waals surface area contributed by atoms with Gasteiger partial charge in [-0.15, -0.1) is 0 Å². The quantitative estimate of drug-likeness (QED) is 0.106. The molecule has 0 aliphatic rings. The molecule has 0 radical (unpaired) electrons. The number of nitrogens with one attached hydrogen (secondary N) is 1. The van der Waals surface area contributed by atoms with Crippen molar-refractivity contribution in [2.75, 3.05) is 39.3 Å². The van der Waals surface area contributed by atoms with Crippen molar-refractivity contribution >= 4 is 23.9 Å². The Morgan fingerprint density at radius 3 is 1.73 bits per heavy atom. The Bertz CT molecular complexity index is 492. The van der Waals surface area contributed by atoms with Gasteiger partial charge in [-0.05, 0) is 6.92 Å². The van der Waals surface area contributed by atoms with E-state index in [1.54, 1.807) is 0 Å². The Morgan fingerprint density at radius 2 is 1.42 bits per heavy atom. The van der Waals surface area contributed by atoms with Crippen LogP contribution in [0, 0.1) is 0 Å². The number of rotatable bonds is 15. The smallest absolute Gasteiger partial charge is 0.362 e. The normalized spacial score (nSPS) is 11.9. The molecule has 12 nitrogen and oxygen atoms in total. The number of hydrogen-bond acceptors (Lipinski definition) is 7. The largest absolute Gasteiger partial charge is 0.481 e. The minimum atomic E-state index is -1.89. The number of carbonyl (C=O) groups is 4. The molecule has 0 aromatic rings. The molecule has 0 aliphatic carbocycles. The van der Waals surface area contributed by atoms with Crippen molar-refractivity contribution in [3.05, 3.63) is 0 Å². The maximum absolute atomic E-state index is 11.4. The summed E-state index contributed by atoms with van der Waals surface area (Å²) >= 11 is 0. The predicted octanol–water partition coefficient (Wildman–Crippen LogP) is -1.84. The number of quaternary nitrogens is 1. The standard InChI is InChI=1S/C14H25N3O9/c1-2-26-17(7-12(22)23,8-13(24)25)14(5-10(18)19,6-11(20)21)9-16-4-3-15/h16H,2-9,15H2,1H3,(H3-,18,19,20,21,22,23,24,25)/p+1. The molecule has 0 saturated carbocycles. The van der Waals surface area contributed by atoms with Crippen LogP contribution in [-0.4, -0.2) is 93.8 Å². The van der Waals surface area contributed by atoms with E-state index in [1.807, 2.05) is 0 Å². The lowest BCUT2D eigenvalue weighted by molar-refractivity contribution is -1.13. The fourth-order valence-electron chi connectivity index (χ4n) is 2.91. The Balaban J connectivity index is 6.43. The van der Waals surface area contributed by atoms with Crippen molar-refractivity contribution in [3.63, 3.8) is 0 Å². The van der Waals surface area contributed by atoms with Crippen LogP contribution in [0.15, 0.2) is 0 Å². The van der Waals surface area contributed by atoms with Crippen molar-refractivity contribution < 1.29 is 49.1 Å². The van der Waals surface area contributed by atoms with E-state index in [2.05, 4.69) is 5.32 Å². The third-order valence-corrected chi connectivity index (χ3v) is 3.76. The summed E-state index contributed by atoms with van der Waals surface area (Å²) in [5.41, 5.74) is 3.48. The van der Waals surface area contributed by atoms with E-state index in [9.17, 15) is 39.6 Å². The monoisotopic (exact) mass is 380 g/mol. The maximum Gasteiger partial charge on any atom is 0.362 e. The summed E-state index contributed by atoms with van der Waals surface area (Å²) in [5.74, 6) is -5.75. The highest BCUT2D eigenvalue weighted by atomic mass is 16.7. The van der Waals surface area contributed by atoms with Gasteiger partial charge in [-0.1, -0.05) is 0 Å². The van der Waals surface area contributed by atoms with E-state index in [1.165, 1.54) is 6.92 Å². The Morgan fingerprint density at radius 1 is 0.962 bits per heavy atom. The van der Waals surface area contributed by atoms with Crippen molar-refractivity contribution in [2.45, 2.75) is 25.3 Å². The Labute approximate surface area is 149 Å². The van der Waals surface area contributed by atoms with Gasteiger partial charge in [0.15, 0.2) is 5.54 Å². The summed E-state index contributed by atoms with van der Waals surface area (Å²) in [4.78, 5) is 51.1. The highest BCUT2D eigenvalue weighted by Crippen LogP contribution is 2.33. The van der Waals surface area contributed by atoms with Gasteiger partial charge in [-0.2, -0.15) is 4.65 Å². The van der Waals surface area contributed by atoms with Crippen LogP contribution in [0.5, 0.6) is 0 Å². The Hall–Kier alpha value is -2.28. The van der Waals surface area contributed by atoms with Gasteiger partial charge < -0.3 is 31.5 Å². The van der Waals surface area contributed by atoms with Crippen LogP contribution in [0.4, 0.5) is 0 Å². The number of nitrogens with two attached hydrogens (primary N) is 1. The fourth-order valence-corrected chi connectivity index (χ4v) is 2.91. The third-order valence-electron chi connectivity index (χ3n) is 3.76. The summed E-state index contributed by atoms with van der Waals surface area (Å²) in [6.45, 7) is -0.510. The highest BCUT2D eigenvalue weighted by Gasteiger charge is 2.58. The third kappa shape index (κ3) is 6.92. The lowest BCUT2D eigenvalue weighted by Crippen LogP contribution is -2.72. The molecule has 0 amide bonds. The first-order valence-corrected chi connectivity index (χ1v) is 7.84. The molecule has 0 saturated heterocycles. The second-order valence-corrected chi connectivity index (χ2v) is 5.74. The summed E-state index contributed by atoms with van der Waals surface area (Å²) < 4.78 is -1.19. The molecule has 0 aliphatic heterocycles. The zero-order valence-electron chi connectivity index (χ0n) is 14.5. The van der Waals surface area contributed by atoms with Gasteiger partial charge in [-0.25, -0.2) is 14.4 Å². The van der Waals surface area contributed by atoms with Gasteiger partial charge in [0.2, 0.25) is 13.1 Å². The van der Waals surface area contributed by atoms with E-state index in [0.717, 1.165) is 0 Å². The number of carboxylic acids is 4. The molecule has 0 aromatic heterocycles. The summed E-state index contributed by atoms with van der Waals surface area (Å²) in [6, 6.07) is 0. The topological polar surface area (TPSA) is 196 Å². The molecule has 0 fully saturated rings. The van der Waals surface area contributed by atoms with E-state index < -0.39 is 60.0 Å². The fraction of sp³-hybridized carbons (Fsp3) is 0.714. The first-order valence-electron chi connectivity index (χ1n) is 7.84. The van der Waals surface area contributed by atoms with Crippen molar-refractivity contribution in [1.82, 2.24) is 5.32 Å². The molecule has 7 N–H and O–H groups in total. The van der Waals surface area contributed by atoms with Crippen molar-refractivity contribution in [3.8, 4) is 0 Å². The lowest BCUT2D eigenvalue weighted by Gasteiger charge is -2.47. The summed E-state index contributed by atoms with van der Waals surface area (Å²) in [7, 11) is 0. The lowest BCUT2D eigenvalue weighted by atomic mass is 9.87. The minimum Gasteiger partial charge on any atom is -0.481 e. The molecule has 0 spiro atoms. The minimum absolute atomic E-state index is 0.154. The van der Waals surface area contributed by atoms with Crippen LogP contribution in [0.3, 0.4) is 0 Å². The first-order chi connectivity index (χ1) is 12.0. The molecular weight excluding hydrogens is 354 g/mol. The van der Waals surface area contributed by atoms with Crippen LogP contribution < -0.4 is 11.1 Å². The van der Waals surface area contributed by atoms with Gasteiger partial charge in [0.25, 0.3) is 0 Å². The van der Waals surface area contributed by atoms with Crippen LogP contribution >= 0.6 is 0 Å². The number of carboxylic acid groups (broad SMARTS) is 4. The second-order valence-electron chi connectivity index (χ2n) is 5.74. The molecule has 0 heterocycles. The predicted molar refractivity (Wildman–Crippen MR) is 86.1 cm³/mol. The van der Waals surface area contributed by atoms with E-state index in [4.69, 9.17) is 10.6 Å². The molecule has 150 valence electrons. The van der Waals surface area contributed by atoms with E-state index >= 15 is 0 Å². The van der Waals surface area contributed by atoms with Crippen LogP contribution in [0.1, 0.15) is 19.8 Å². The first kappa shape index (κ1) is 23.7. The van der Waals surface area contributed by atoms with Crippen LogP contribution in [-0.2, 0) is 24.0 Å². The van der Waals surface area contributed by atoms with E-state index in [-0.39, 0.29) is 26.2 Å². The highest BCUT2D eigenvalue weighted by molar-refractivity contribution is 5.74. The number of hydrogen-bond donors (Lipinski definition) is 6. The summed E-state index contributed by atoms with van der Waals surface area (Å²) in [6.07, 6.45) is -1.64. The van der Waals surface area contributed by atoms with Gasteiger partial charge >= 0.3 is 23.9 Å². The molecule has 0 rings (SSSR count). The SMILES string of the molecule is CCO[N+](CC(=O)O)(CC(=O)O)C(CNCCN)(CC(=O)O)CC(=O)O. The number of hydroxylamine groups is 3. The average Bonchev–Trinajstić information content (AvgIpc) is 2.44. The van der Waals surface area contributed by atoms with Crippen molar-refractivity contribution in [1.29, 1.82) is 0 Å². The van der Waals surface area contributed by atoms with Gasteiger partial charge in [0, 0.05) is 13.1 Å². The summed E-state index contributed by atoms with van der Waals surface area (Å²) in [5, 5.41) is 39.9. The molecule has 26 heavy (non-hydrogen) atoms. The van der Waals surface area contributed by atoms with Gasteiger partial charge in [0.1, 0.15) is 19.4 Å². The number of nitrogens with zero attached hydrogens (tertiary/aromatic N) is 1. The molecule has 0 aromatic carbocycles. The maximum atomic E-state index is 11.4. The van der Waals surface area contributed by atoms with Crippen LogP contribution in [0.2, 0.25) is 0 Å². The molecule has 0 atom stereocenters. The Kier molecular flexibility index (Phi) is 9.72. The second kappa shape index (κ2) is 10.7. The van der Waals surface area contributed by atoms with Gasteiger partial charge in [0.05, 0.1) is 6.54 Å². The average molecular weight is 380 g/mol. The number of aliphatic carboxylic acids is 4.